The molecule has 2 fully saturated rings. The first-order chi connectivity index (χ1) is 13.8. The van der Waals surface area contributed by atoms with Crippen molar-refractivity contribution in [3.63, 3.8) is 0 Å². The molecule has 3 heterocycles. The molecule has 0 bridgehead atoms. The molecule has 5 heteroatoms. The minimum Gasteiger partial charge on any atom is -0.338 e. The van der Waals surface area contributed by atoms with Crippen LogP contribution in [0.5, 0.6) is 0 Å². The van der Waals surface area contributed by atoms with Crippen molar-refractivity contribution >= 4 is 11.8 Å². The molecular formula is C24H35N3O2. The molecular weight excluding hydrogens is 362 g/mol. The topological polar surface area (TPSA) is 43.9 Å². The van der Waals surface area contributed by atoms with Crippen LogP contribution in [0.4, 0.5) is 0 Å². The summed E-state index contributed by atoms with van der Waals surface area (Å²) in [6, 6.07) is 6.48. The lowest BCUT2D eigenvalue weighted by Crippen LogP contribution is -2.43. The molecule has 1 aromatic rings. The van der Waals surface area contributed by atoms with Crippen molar-refractivity contribution in [3.8, 4) is 0 Å². The van der Waals surface area contributed by atoms with Crippen molar-refractivity contribution in [1.29, 1.82) is 0 Å². The lowest BCUT2D eigenvalue weighted by molar-refractivity contribution is -0.140. The van der Waals surface area contributed by atoms with Crippen molar-refractivity contribution in [2.45, 2.75) is 65.5 Å². The summed E-state index contributed by atoms with van der Waals surface area (Å²) in [5, 5.41) is 0. The van der Waals surface area contributed by atoms with Gasteiger partial charge in [0.25, 0.3) is 5.91 Å². The molecule has 0 unspecified atom stereocenters. The van der Waals surface area contributed by atoms with Crippen LogP contribution in [0.3, 0.4) is 0 Å². The summed E-state index contributed by atoms with van der Waals surface area (Å²) in [6.07, 6.45) is 5.64. The number of rotatable bonds is 3. The fraction of sp³-hybridized carbons (Fsp3) is 0.667. The van der Waals surface area contributed by atoms with Gasteiger partial charge in [-0.1, -0.05) is 26.8 Å². The Morgan fingerprint density at radius 1 is 1.00 bits per heavy atom. The van der Waals surface area contributed by atoms with Crippen LogP contribution in [0.2, 0.25) is 0 Å². The Morgan fingerprint density at radius 3 is 2.48 bits per heavy atom. The van der Waals surface area contributed by atoms with Gasteiger partial charge in [-0.3, -0.25) is 9.59 Å². The first kappa shape index (κ1) is 20.4. The summed E-state index contributed by atoms with van der Waals surface area (Å²) < 4.78 is 0. The Hall–Kier alpha value is -1.88. The van der Waals surface area contributed by atoms with Gasteiger partial charge in [-0.05, 0) is 68.5 Å². The Kier molecular flexibility index (Phi) is 5.69. The quantitative estimate of drug-likeness (QED) is 0.786. The van der Waals surface area contributed by atoms with Gasteiger partial charge in [0.05, 0.1) is 0 Å². The van der Waals surface area contributed by atoms with Crippen LogP contribution in [0.15, 0.2) is 18.2 Å². The minimum absolute atomic E-state index is 0.183. The lowest BCUT2D eigenvalue weighted by atomic mass is 9.91. The van der Waals surface area contributed by atoms with Crippen LogP contribution in [-0.2, 0) is 17.8 Å². The average molecular weight is 398 g/mol. The zero-order valence-corrected chi connectivity index (χ0v) is 18.2. The molecule has 4 rings (SSSR count). The van der Waals surface area contributed by atoms with Gasteiger partial charge in [-0.2, -0.15) is 0 Å². The van der Waals surface area contributed by atoms with Crippen molar-refractivity contribution in [1.82, 2.24) is 14.7 Å². The molecule has 1 atom stereocenters. The minimum atomic E-state index is -0.354. The maximum Gasteiger partial charge on any atom is 0.254 e. The van der Waals surface area contributed by atoms with Gasteiger partial charge in [-0.15, -0.1) is 0 Å². The van der Waals surface area contributed by atoms with E-state index in [0.717, 1.165) is 44.5 Å². The highest BCUT2D eigenvalue weighted by Gasteiger charge is 2.33. The van der Waals surface area contributed by atoms with E-state index in [-0.39, 0.29) is 17.2 Å². The molecule has 1 aromatic carbocycles. The number of fused-ring (bicyclic) bond motifs is 1. The van der Waals surface area contributed by atoms with Crippen LogP contribution in [-0.4, -0.2) is 65.3 Å². The van der Waals surface area contributed by atoms with Crippen LogP contribution in [0.1, 0.15) is 67.9 Å². The molecule has 0 aromatic heterocycles. The second kappa shape index (κ2) is 8.10. The average Bonchev–Trinajstić information content (AvgIpc) is 3.38. The molecule has 0 radical (unpaired) electrons. The fourth-order valence-electron chi connectivity index (χ4n) is 5.06. The third-order valence-electron chi connectivity index (χ3n) is 6.70. The normalized spacial score (nSPS) is 22.8. The number of carbonyl (C=O) groups excluding carboxylic acids is 2. The summed E-state index contributed by atoms with van der Waals surface area (Å²) in [5.74, 6) is 0.382. The molecule has 29 heavy (non-hydrogen) atoms. The van der Waals surface area contributed by atoms with Gasteiger partial charge in [0.15, 0.2) is 0 Å². The van der Waals surface area contributed by atoms with E-state index in [0.29, 0.717) is 12.6 Å². The van der Waals surface area contributed by atoms with E-state index in [1.165, 1.54) is 37.1 Å². The summed E-state index contributed by atoms with van der Waals surface area (Å²) >= 11 is 0. The van der Waals surface area contributed by atoms with Crippen LogP contribution >= 0.6 is 0 Å². The van der Waals surface area contributed by atoms with E-state index >= 15 is 0 Å². The molecule has 2 amide bonds. The highest BCUT2D eigenvalue weighted by molar-refractivity contribution is 5.95. The molecule has 0 N–H and O–H groups in total. The van der Waals surface area contributed by atoms with Gasteiger partial charge in [-0.25, -0.2) is 0 Å². The molecule has 2 saturated heterocycles. The van der Waals surface area contributed by atoms with Crippen molar-refractivity contribution in [2.24, 2.45) is 5.41 Å². The number of hydrogen-bond acceptors (Lipinski definition) is 3. The fourth-order valence-corrected chi connectivity index (χ4v) is 5.06. The first-order valence-electron chi connectivity index (χ1n) is 11.3. The number of amides is 2. The van der Waals surface area contributed by atoms with Crippen LogP contribution in [0, 0.1) is 5.41 Å². The highest BCUT2D eigenvalue weighted by atomic mass is 16.2. The molecule has 3 aliphatic heterocycles. The van der Waals surface area contributed by atoms with Crippen molar-refractivity contribution < 1.29 is 9.59 Å². The van der Waals surface area contributed by atoms with Gasteiger partial charge in [0.1, 0.15) is 0 Å². The molecule has 0 spiro atoms. The predicted molar refractivity (Wildman–Crippen MR) is 115 cm³/mol. The van der Waals surface area contributed by atoms with E-state index in [9.17, 15) is 9.59 Å². The first-order valence-corrected chi connectivity index (χ1v) is 11.3. The molecule has 0 saturated carbocycles. The summed E-state index contributed by atoms with van der Waals surface area (Å²) in [4.78, 5) is 32.5. The zero-order chi connectivity index (χ0) is 20.6. The zero-order valence-electron chi connectivity index (χ0n) is 18.2. The Bertz CT molecular complexity index is 777. The smallest absolute Gasteiger partial charge is 0.254 e. The van der Waals surface area contributed by atoms with Crippen LogP contribution in [0.25, 0.3) is 0 Å². The molecule has 158 valence electrons. The van der Waals surface area contributed by atoms with Crippen molar-refractivity contribution in [3.05, 3.63) is 34.9 Å². The van der Waals surface area contributed by atoms with E-state index in [1.54, 1.807) is 0 Å². The van der Waals surface area contributed by atoms with E-state index in [1.807, 2.05) is 31.7 Å². The highest BCUT2D eigenvalue weighted by Crippen LogP contribution is 2.27. The summed E-state index contributed by atoms with van der Waals surface area (Å²) in [6.45, 7) is 11.6. The number of benzene rings is 1. The SMILES string of the molecule is CC(C)(C)C(=O)N1CCc2cc(C(=O)N3CCC[C@H]3CN3CCCC3)ccc2C1. The van der Waals surface area contributed by atoms with E-state index in [4.69, 9.17) is 0 Å². The number of hydrogen-bond donors (Lipinski definition) is 0. The maximum absolute atomic E-state index is 13.3. The number of nitrogens with zero attached hydrogens (tertiary/aromatic N) is 3. The van der Waals surface area contributed by atoms with E-state index < -0.39 is 0 Å². The molecule has 5 nitrogen and oxygen atoms in total. The Balaban J connectivity index is 1.45. The van der Waals surface area contributed by atoms with Gasteiger partial charge < -0.3 is 14.7 Å². The Labute approximate surface area is 175 Å². The third-order valence-corrected chi connectivity index (χ3v) is 6.70. The summed E-state index contributed by atoms with van der Waals surface area (Å²) in [5.41, 5.74) is 2.87. The Morgan fingerprint density at radius 2 is 1.76 bits per heavy atom. The molecule has 0 aliphatic carbocycles. The standard InChI is InChI=1S/C24H35N3O2/c1-24(2,3)23(29)26-14-10-18-15-19(8-9-20(18)16-26)22(28)27-13-6-7-21(27)17-25-11-4-5-12-25/h8-9,15,21H,4-7,10-14,16-17H2,1-3H3/t21-/m0/s1. The third kappa shape index (κ3) is 4.35. The summed E-state index contributed by atoms with van der Waals surface area (Å²) in [7, 11) is 0. The number of carbonyl (C=O) groups is 2. The van der Waals surface area contributed by atoms with Gasteiger partial charge in [0, 0.05) is 43.2 Å². The predicted octanol–water partition coefficient (Wildman–Crippen LogP) is 3.32. The monoisotopic (exact) mass is 397 g/mol. The largest absolute Gasteiger partial charge is 0.338 e. The number of likely N-dealkylation sites (tertiary alicyclic amines) is 2. The lowest BCUT2D eigenvalue weighted by Gasteiger charge is -2.34. The second-order valence-corrected chi connectivity index (χ2v) is 10.0. The van der Waals surface area contributed by atoms with Crippen LogP contribution < -0.4 is 0 Å². The van der Waals surface area contributed by atoms with Gasteiger partial charge in [0.2, 0.25) is 5.91 Å². The van der Waals surface area contributed by atoms with E-state index in [2.05, 4.69) is 21.9 Å². The van der Waals surface area contributed by atoms with Gasteiger partial charge >= 0.3 is 0 Å². The second-order valence-electron chi connectivity index (χ2n) is 10.0. The maximum atomic E-state index is 13.3. The molecule has 3 aliphatic rings. The van der Waals surface area contributed by atoms with Crippen molar-refractivity contribution in [2.75, 3.05) is 32.7 Å².